The number of rotatable bonds is 5. The van der Waals surface area contributed by atoms with E-state index in [9.17, 15) is 14.7 Å². The van der Waals surface area contributed by atoms with Gasteiger partial charge in [-0.15, -0.1) is 0 Å². The van der Waals surface area contributed by atoms with Crippen LogP contribution in [0.25, 0.3) is 11.2 Å². The molecule has 2 heterocycles. The van der Waals surface area contributed by atoms with Crippen molar-refractivity contribution in [2.45, 2.75) is 26.5 Å². The molecular formula is C18H22N4O4. The fourth-order valence-electron chi connectivity index (χ4n) is 2.86. The lowest BCUT2D eigenvalue weighted by Gasteiger charge is -2.15. The first-order valence-electron chi connectivity index (χ1n) is 8.28. The number of aryl methyl sites for hydroxylation is 3. The lowest BCUT2D eigenvalue weighted by Crippen LogP contribution is -2.38. The summed E-state index contributed by atoms with van der Waals surface area (Å²) in [6.45, 7) is 4.13. The topological polar surface area (TPSA) is 91.3 Å². The second-order valence-corrected chi connectivity index (χ2v) is 6.51. The van der Waals surface area contributed by atoms with E-state index in [-0.39, 0.29) is 18.7 Å². The maximum Gasteiger partial charge on any atom is 0.332 e. The normalized spacial score (nSPS) is 12.5. The summed E-state index contributed by atoms with van der Waals surface area (Å²) in [4.78, 5) is 28.5. The quantitative estimate of drug-likeness (QED) is 0.717. The molecule has 0 unspecified atom stereocenters. The molecule has 3 aromatic rings. The van der Waals surface area contributed by atoms with Crippen LogP contribution in [0.1, 0.15) is 11.1 Å². The Morgan fingerprint density at radius 2 is 1.92 bits per heavy atom. The summed E-state index contributed by atoms with van der Waals surface area (Å²) in [5, 5.41) is 10.3. The molecule has 0 saturated carbocycles. The SMILES string of the molecule is Cc1ccc(C)c(OC[C@@H](O)Cn2cnc3c2c(=O)n(C)c(=O)n3C)c1. The zero-order valence-electron chi connectivity index (χ0n) is 15.3. The molecule has 0 saturated heterocycles. The van der Waals surface area contributed by atoms with Crippen molar-refractivity contribution in [3.63, 3.8) is 0 Å². The Balaban J connectivity index is 1.82. The van der Waals surface area contributed by atoms with Gasteiger partial charge in [-0.2, -0.15) is 0 Å². The molecule has 8 nitrogen and oxygen atoms in total. The molecule has 3 rings (SSSR count). The van der Waals surface area contributed by atoms with Gasteiger partial charge in [0, 0.05) is 14.1 Å². The van der Waals surface area contributed by atoms with Crippen LogP contribution in [-0.2, 0) is 20.6 Å². The molecule has 2 aromatic heterocycles. The predicted octanol–water partition coefficient (Wildman–Crippen LogP) is 0.490. The van der Waals surface area contributed by atoms with E-state index in [0.717, 1.165) is 21.4 Å². The summed E-state index contributed by atoms with van der Waals surface area (Å²) >= 11 is 0. The molecule has 0 aliphatic carbocycles. The highest BCUT2D eigenvalue weighted by atomic mass is 16.5. The number of hydrogen-bond acceptors (Lipinski definition) is 5. The summed E-state index contributed by atoms with van der Waals surface area (Å²) in [5.74, 6) is 0.720. The molecule has 0 bridgehead atoms. The van der Waals surface area contributed by atoms with E-state index in [2.05, 4.69) is 4.98 Å². The number of fused-ring (bicyclic) bond motifs is 1. The van der Waals surface area contributed by atoms with Gasteiger partial charge in [0.05, 0.1) is 12.9 Å². The van der Waals surface area contributed by atoms with Gasteiger partial charge in [0.1, 0.15) is 18.5 Å². The third-order valence-electron chi connectivity index (χ3n) is 4.40. The minimum absolute atomic E-state index is 0.0794. The van der Waals surface area contributed by atoms with E-state index in [1.165, 1.54) is 17.9 Å². The predicted molar refractivity (Wildman–Crippen MR) is 97.6 cm³/mol. The Bertz CT molecular complexity index is 1080. The van der Waals surface area contributed by atoms with Gasteiger partial charge < -0.3 is 14.4 Å². The minimum Gasteiger partial charge on any atom is -0.491 e. The number of aromatic nitrogens is 4. The van der Waals surface area contributed by atoms with Crippen LogP contribution in [0.5, 0.6) is 5.75 Å². The summed E-state index contributed by atoms with van der Waals surface area (Å²) in [6.07, 6.45) is 0.612. The molecule has 8 heteroatoms. The van der Waals surface area contributed by atoms with E-state index >= 15 is 0 Å². The third-order valence-corrected chi connectivity index (χ3v) is 4.40. The van der Waals surface area contributed by atoms with Crippen LogP contribution < -0.4 is 16.0 Å². The zero-order valence-corrected chi connectivity index (χ0v) is 15.3. The highest BCUT2D eigenvalue weighted by Gasteiger charge is 2.16. The molecule has 1 N–H and O–H groups in total. The van der Waals surface area contributed by atoms with Gasteiger partial charge in [-0.25, -0.2) is 9.78 Å². The smallest absolute Gasteiger partial charge is 0.332 e. The number of aliphatic hydroxyl groups is 1. The molecule has 0 amide bonds. The van der Waals surface area contributed by atoms with Gasteiger partial charge >= 0.3 is 5.69 Å². The second kappa shape index (κ2) is 6.80. The van der Waals surface area contributed by atoms with Crippen molar-refractivity contribution >= 4 is 11.2 Å². The van der Waals surface area contributed by atoms with Crippen LogP contribution in [0.2, 0.25) is 0 Å². The van der Waals surface area contributed by atoms with E-state index < -0.39 is 17.4 Å². The number of imidazole rings is 1. The van der Waals surface area contributed by atoms with Crippen LogP contribution in [0.4, 0.5) is 0 Å². The Morgan fingerprint density at radius 3 is 2.65 bits per heavy atom. The van der Waals surface area contributed by atoms with Gasteiger partial charge in [-0.1, -0.05) is 12.1 Å². The first-order chi connectivity index (χ1) is 12.3. The molecule has 138 valence electrons. The summed E-state index contributed by atoms with van der Waals surface area (Å²) in [7, 11) is 2.98. The Hall–Kier alpha value is -2.87. The standard InChI is InChI=1S/C18H22N4O4/c1-11-5-6-12(2)14(7-11)26-9-13(23)8-22-10-19-16-15(22)17(24)21(4)18(25)20(16)3/h5-7,10,13,23H,8-9H2,1-4H3/t13-/m0/s1. The summed E-state index contributed by atoms with van der Waals surface area (Å²) < 4.78 is 9.60. The van der Waals surface area contributed by atoms with E-state index in [4.69, 9.17) is 4.74 Å². The maximum absolute atomic E-state index is 12.4. The number of hydrogen-bond donors (Lipinski definition) is 1. The summed E-state index contributed by atoms with van der Waals surface area (Å²) in [5.41, 5.74) is 1.75. The molecule has 0 aliphatic heterocycles. The van der Waals surface area contributed by atoms with Gasteiger partial charge in [-0.3, -0.25) is 13.9 Å². The minimum atomic E-state index is -0.839. The van der Waals surface area contributed by atoms with Crippen molar-refractivity contribution < 1.29 is 9.84 Å². The van der Waals surface area contributed by atoms with Crippen molar-refractivity contribution in [2.24, 2.45) is 14.1 Å². The first kappa shape index (κ1) is 17.9. The Morgan fingerprint density at radius 1 is 1.19 bits per heavy atom. The average molecular weight is 358 g/mol. The van der Waals surface area contributed by atoms with Crippen LogP contribution >= 0.6 is 0 Å². The monoisotopic (exact) mass is 358 g/mol. The van der Waals surface area contributed by atoms with Crippen molar-refractivity contribution in [2.75, 3.05) is 6.61 Å². The highest BCUT2D eigenvalue weighted by Crippen LogP contribution is 2.19. The van der Waals surface area contributed by atoms with Gasteiger partial charge in [-0.05, 0) is 31.0 Å². The number of nitrogens with zero attached hydrogens (tertiary/aromatic N) is 4. The van der Waals surface area contributed by atoms with Gasteiger partial charge in [0.15, 0.2) is 11.2 Å². The summed E-state index contributed by atoms with van der Waals surface area (Å²) in [6, 6.07) is 5.88. The largest absolute Gasteiger partial charge is 0.491 e. The number of ether oxygens (including phenoxy) is 1. The fourth-order valence-corrected chi connectivity index (χ4v) is 2.86. The molecule has 0 spiro atoms. The van der Waals surface area contributed by atoms with E-state index in [0.29, 0.717) is 5.65 Å². The molecular weight excluding hydrogens is 336 g/mol. The number of benzene rings is 1. The zero-order chi connectivity index (χ0) is 19.0. The molecule has 1 atom stereocenters. The lowest BCUT2D eigenvalue weighted by molar-refractivity contribution is 0.0930. The lowest BCUT2D eigenvalue weighted by atomic mass is 10.1. The van der Waals surface area contributed by atoms with Gasteiger partial charge in [0.2, 0.25) is 0 Å². The van der Waals surface area contributed by atoms with E-state index in [1.807, 2.05) is 32.0 Å². The first-order valence-corrected chi connectivity index (χ1v) is 8.28. The average Bonchev–Trinajstić information content (AvgIpc) is 3.02. The molecule has 0 radical (unpaired) electrons. The van der Waals surface area contributed by atoms with Gasteiger partial charge in [0.25, 0.3) is 5.56 Å². The van der Waals surface area contributed by atoms with Crippen LogP contribution in [0.3, 0.4) is 0 Å². The van der Waals surface area contributed by atoms with Crippen molar-refractivity contribution in [3.8, 4) is 5.75 Å². The molecule has 0 aliphatic rings. The van der Waals surface area contributed by atoms with Crippen molar-refractivity contribution in [1.82, 2.24) is 18.7 Å². The number of aliphatic hydroxyl groups excluding tert-OH is 1. The molecule has 1 aromatic carbocycles. The van der Waals surface area contributed by atoms with Crippen molar-refractivity contribution in [1.29, 1.82) is 0 Å². The second-order valence-electron chi connectivity index (χ2n) is 6.51. The van der Waals surface area contributed by atoms with Crippen LogP contribution in [0, 0.1) is 13.8 Å². The van der Waals surface area contributed by atoms with Crippen molar-refractivity contribution in [3.05, 3.63) is 56.5 Å². The van der Waals surface area contributed by atoms with E-state index in [1.54, 1.807) is 11.6 Å². The van der Waals surface area contributed by atoms with Crippen LogP contribution in [0.15, 0.2) is 34.1 Å². The highest BCUT2D eigenvalue weighted by molar-refractivity contribution is 5.69. The third kappa shape index (κ3) is 3.15. The van der Waals surface area contributed by atoms with Crippen LogP contribution in [-0.4, -0.2) is 36.5 Å². The maximum atomic E-state index is 12.4. The Labute approximate surface area is 149 Å². The molecule has 0 fully saturated rings. The fraction of sp³-hybridized carbons (Fsp3) is 0.389. The Kier molecular flexibility index (Phi) is 4.69. The molecule has 26 heavy (non-hydrogen) atoms.